The number of alkyl halides is 3. The minimum absolute atomic E-state index is 0.247. The van der Waals surface area contributed by atoms with E-state index in [1.807, 2.05) is 0 Å². The summed E-state index contributed by atoms with van der Waals surface area (Å²) in [6.07, 6.45) is -5.86. The van der Waals surface area contributed by atoms with E-state index in [1.54, 1.807) is 24.3 Å². The van der Waals surface area contributed by atoms with Crippen molar-refractivity contribution in [2.75, 3.05) is 7.11 Å². The van der Waals surface area contributed by atoms with Gasteiger partial charge < -0.3 is 9.84 Å². The zero-order valence-corrected chi connectivity index (χ0v) is 10.4. The van der Waals surface area contributed by atoms with Crippen molar-refractivity contribution in [3.8, 4) is 5.75 Å². The Morgan fingerprint density at radius 1 is 1.42 bits per heavy atom. The average Bonchev–Trinajstić information content (AvgIpc) is 2.33. The Labute approximate surface area is 109 Å². The maximum absolute atomic E-state index is 12.2. The van der Waals surface area contributed by atoms with E-state index in [4.69, 9.17) is 9.84 Å². The van der Waals surface area contributed by atoms with Gasteiger partial charge in [0.25, 0.3) is 0 Å². The number of hydrogen-bond donors (Lipinski definition) is 1. The first kappa shape index (κ1) is 15.3. The van der Waals surface area contributed by atoms with Crippen LogP contribution in [0, 0.1) is 0 Å². The SMILES string of the molecule is COc1cccc([C@@H](CCC(F)(F)F)CC(=O)O)c1. The summed E-state index contributed by atoms with van der Waals surface area (Å²) in [6, 6.07) is 6.48. The fraction of sp³-hybridized carbons (Fsp3) is 0.462. The average molecular weight is 276 g/mol. The lowest BCUT2D eigenvalue weighted by Crippen LogP contribution is -2.13. The number of benzene rings is 1. The van der Waals surface area contributed by atoms with Crippen LogP contribution in [0.1, 0.15) is 30.7 Å². The van der Waals surface area contributed by atoms with Gasteiger partial charge in [-0.3, -0.25) is 4.79 Å². The highest BCUT2D eigenvalue weighted by Gasteiger charge is 2.29. The highest BCUT2D eigenvalue weighted by molar-refractivity contribution is 5.68. The summed E-state index contributed by atoms with van der Waals surface area (Å²) < 4.78 is 41.7. The zero-order valence-electron chi connectivity index (χ0n) is 10.4. The molecule has 0 radical (unpaired) electrons. The van der Waals surface area contributed by atoms with Crippen molar-refractivity contribution < 1.29 is 27.8 Å². The number of aliphatic carboxylic acids is 1. The maximum Gasteiger partial charge on any atom is 0.389 e. The largest absolute Gasteiger partial charge is 0.497 e. The quantitative estimate of drug-likeness (QED) is 0.863. The second kappa shape index (κ2) is 6.45. The van der Waals surface area contributed by atoms with Gasteiger partial charge in [0.2, 0.25) is 0 Å². The lowest BCUT2D eigenvalue weighted by atomic mass is 9.91. The fourth-order valence-electron chi connectivity index (χ4n) is 1.83. The third kappa shape index (κ3) is 5.63. The van der Waals surface area contributed by atoms with Crippen LogP contribution in [0.15, 0.2) is 24.3 Å². The molecule has 0 aliphatic rings. The van der Waals surface area contributed by atoms with Gasteiger partial charge in [0.1, 0.15) is 5.75 Å². The van der Waals surface area contributed by atoms with Gasteiger partial charge in [-0.2, -0.15) is 13.2 Å². The van der Waals surface area contributed by atoms with Gasteiger partial charge in [0.05, 0.1) is 13.5 Å². The van der Waals surface area contributed by atoms with Crippen LogP contribution in [0.2, 0.25) is 0 Å². The van der Waals surface area contributed by atoms with E-state index < -0.39 is 24.5 Å². The molecule has 6 heteroatoms. The third-order valence-electron chi connectivity index (χ3n) is 2.76. The Morgan fingerprint density at radius 2 is 2.11 bits per heavy atom. The Morgan fingerprint density at radius 3 is 2.63 bits per heavy atom. The van der Waals surface area contributed by atoms with Crippen molar-refractivity contribution in [2.45, 2.75) is 31.4 Å². The Balaban J connectivity index is 2.85. The topological polar surface area (TPSA) is 46.5 Å². The molecule has 0 saturated carbocycles. The third-order valence-corrected chi connectivity index (χ3v) is 2.76. The molecule has 0 aliphatic heterocycles. The second-order valence-electron chi connectivity index (χ2n) is 4.23. The van der Waals surface area contributed by atoms with Gasteiger partial charge in [-0.1, -0.05) is 12.1 Å². The van der Waals surface area contributed by atoms with E-state index in [9.17, 15) is 18.0 Å². The number of rotatable bonds is 6. The molecule has 0 heterocycles. The maximum atomic E-state index is 12.2. The predicted molar refractivity (Wildman–Crippen MR) is 63.3 cm³/mol. The summed E-state index contributed by atoms with van der Waals surface area (Å²) in [5.74, 6) is -1.29. The molecule has 0 saturated heterocycles. The normalized spacial score (nSPS) is 13.1. The molecule has 1 aromatic carbocycles. The first-order chi connectivity index (χ1) is 8.81. The first-order valence-electron chi connectivity index (χ1n) is 5.74. The molecule has 0 bridgehead atoms. The molecule has 106 valence electrons. The van der Waals surface area contributed by atoms with Crippen LogP contribution < -0.4 is 4.74 Å². The van der Waals surface area contributed by atoms with E-state index >= 15 is 0 Å². The molecule has 1 atom stereocenters. The van der Waals surface area contributed by atoms with Crippen molar-refractivity contribution in [1.29, 1.82) is 0 Å². The van der Waals surface area contributed by atoms with Crippen LogP contribution in [0.4, 0.5) is 13.2 Å². The number of carboxylic acids is 1. The fourth-order valence-corrected chi connectivity index (χ4v) is 1.83. The molecule has 0 amide bonds. The van der Waals surface area contributed by atoms with Crippen LogP contribution in [0.25, 0.3) is 0 Å². The molecule has 1 rings (SSSR count). The molecule has 19 heavy (non-hydrogen) atoms. The Bertz CT molecular complexity index is 429. The lowest BCUT2D eigenvalue weighted by Gasteiger charge is -2.17. The van der Waals surface area contributed by atoms with Crippen LogP contribution in [-0.2, 0) is 4.79 Å². The van der Waals surface area contributed by atoms with Crippen molar-refractivity contribution >= 4 is 5.97 Å². The van der Waals surface area contributed by atoms with E-state index in [0.29, 0.717) is 11.3 Å². The summed E-state index contributed by atoms with van der Waals surface area (Å²) in [5.41, 5.74) is 0.547. The molecule has 3 nitrogen and oxygen atoms in total. The van der Waals surface area contributed by atoms with Gasteiger partial charge in [-0.05, 0) is 30.0 Å². The highest BCUT2D eigenvalue weighted by atomic mass is 19.4. The summed E-state index contributed by atoms with van der Waals surface area (Å²) in [4.78, 5) is 10.7. The van der Waals surface area contributed by atoms with Crippen LogP contribution in [-0.4, -0.2) is 24.4 Å². The summed E-state index contributed by atoms with van der Waals surface area (Å²) in [7, 11) is 1.45. The molecular formula is C13H15F3O3. The van der Waals surface area contributed by atoms with Crippen LogP contribution in [0.5, 0.6) is 5.75 Å². The summed E-state index contributed by atoms with van der Waals surface area (Å²) >= 11 is 0. The monoisotopic (exact) mass is 276 g/mol. The molecule has 0 aromatic heterocycles. The summed E-state index contributed by atoms with van der Waals surface area (Å²) in [6.45, 7) is 0. The van der Waals surface area contributed by atoms with E-state index in [0.717, 1.165) is 0 Å². The molecule has 0 aliphatic carbocycles. The predicted octanol–water partition coefficient (Wildman–Crippen LogP) is 3.60. The van der Waals surface area contributed by atoms with Gasteiger partial charge in [0.15, 0.2) is 0 Å². The standard InChI is InChI=1S/C13H15F3O3/c1-19-11-4-2-3-9(7-11)10(8-12(17)18)5-6-13(14,15)16/h2-4,7,10H,5-6,8H2,1H3,(H,17,18)/t10-/m0/s1. The molecule has 0 spiro atoms. The Hall–Kier alpha value is -1.72. The first-order valence-corrected chi connectivity index (χ1v) is 5.74. The van der Waals surface area contributed by atoms with E-state index in [2.05, 4.69) is 0 Å². The van der Waals surface area contributed by atoms with Crippen LogP contribution >= 0.6 is 0 Å². The minimum atomic E-state index is -4.28. The highest BCUT2D eigenvalue weighted by Crippen LogP contribution is 2.32. The molecule has 1 N–H and O–H groups in total. The van der Waals surface area contributed by atoms with Crippen molar-refractivity contribution in [3.05, 3.63) is 29.8 Å². The van der Waals surface area contributed by atoms with Crippen molar-refractivity contribution in [3.63, 3.8) is 0 Å². The number of methoxy groups -OCH3 is 1. The number of carboxylic acid groups (broad SMARTS) is 1. The number of ether oxygens (including phenoxy) is 1. The molecule has 0 unspecified atom stereocenters. The number of carbonyl (C=O) groups is 1. The van der Waals surface area contributed by atoms with Gasteiger partial charge in [-0.25, -0.2) is 0 Å². The minimum Gasteiger partial charge on any atom is -0.497 e. The van der Waals surface area contributed by atoms with Gasteiger partial charge in [0, 0.05) is 6.42 Å². The second-order valence-corrected chi connectivity index (χ2v) is 4.23. The molecule has 0 fully saturated rings. The number of hydrogen-bond acceptors (Lipinski definition) is 2. The molecular weight excluding hydrogens is 261 g/mol. The van der Waals surface area contributed by atoms with E-state index in [1.165, 1.54) is 7.11 Å². The summed E-state index contributed by atoms with van der Waals surface area (Å²) in [5, 5.41) is 8.79. The Kier molecular flexibility index (Phi) is 5.20. The van der Waals surface area contributed by atoms with Gasteiger partial charge in [-0.15, -0.1) is 0 Å². The lowest BCUT2D eigenvalue weighted by molar-refractivity contribution is -0.142. The van der Waals surface area contributed by atoms with Crippen molar-refractivity contribution in [2.24, 2.45) is 0 Å². The van der Waals surface area contributed by atoms with Crippen molar-refractivity contribution in [1.82, 2.24) is 0 Å². The smallest absolute Gasteiger partial charge is 0.389 e. The zero-order chi connectivity index (χ0) is 14.5. The van der Waals surface area contributed by atoms with Crippen LogP contribution in [0.3, 0.4) is 0 Å². The van der Waals surface area contributed by atoms with E-state index in [-0.39, 0.29) is 12.8 Å². The molecule has 1 aromatic rings. The number of halogens is 3. The van der Waals surface area contributed by atoms with Gasteiger partial charge >= 0.3 is 12.1 Å².